The molecule has 1 fully saturated rings. The molecule has 1 aliphatic heterocycles. The summed E-state index contributed by atoms with van der Waals surface area (Å²) in [4.78, 5) is 23.2. The van der Waals surface area contributed by atoms with Crippen LogP contribution in [0.4, 0.5) is 0 Å². The van der Waals surface area contributed by atoms with Crippen LogP contribution in [0.2, 0.25) is 0 Å². The monoisotopic (exact) mass is 446 g/mol. The minimum atomic E-state index is -1.82. The van der Waals surface area contributed by atoms with E-state index in [1.807, 2.05) is 24.3 Å². The molecule has 2 N–H and O–H groups in total. The second-order valence-electron chi connectivity index (χ2n) is 7.15. The SMILES string of the molecule is COc1ccc(OC)c(CN2CCN(Cc3ccccc3OC)CC2)c1.O=C(O)C(=O)O. The molecule has 0 saturated carbocycles. The normalized spacial score (nSPS) is 14.1. The average Bonchev–Trinajstić information content (AvgIpc) is 2.81. The summed E-state index contributed by atoms with van der Waals surface area (Å²) in [5.74, 6) is -0.890. The van der Waals surface area contributed by atoms with Gasteiger partial charge in [0.05, 0.1) is 21.3 Å². The number of piperazine rings is 1. The van der Waals surface area contributed by atoms with Crippen molar-refractivity contribution in [3.05, 3.63) is 53.6 Å². The number of aliphatic carboxylic acids is 2. The van der Waals surface area contributed by atoms with Crippen molar-refractivity contribution >= 4 is 11.9 Å². The lowest BCUT2D eigenvalue weighted by molar-refractivity contribution is -0.159. The second kappa shape index (κ2) is 12.5. The van der Waals surface area contributed by atoms with Gasteiger partial charge in [0.2, 0.25) is 0 Å². The predicted octanol–water partition coefficient (Wildman–Crippen LogP) is 2.19. The van der Waals surface area contributed by atoms with Crippen LogP contribution in [0.3, 0.4) is 0 Å². The van der Waals surface area contributed by atoms with E-state index in [1.165, 1.54) is 11.1 Å². The Balaban J connectivity index is 0.000000534. The Bertz CT molecular complexity index is 884. The third kappa shape index (κ3) is 7.44. The highest BCUT2D eigenvalue weighted by atomic mass is 16.5. The molecule has 9 nitrogen and oxygen atoms in total. The summed E-state index contributed by atoms with van der Waals surface area (Å²) in [7, 11) is 5.15. The van der Waals surface area contributed by atoms with Crippen LogP contribution >= 0.6 is 0 Å². The minimum Gasteiger partial charge on any atom is -0.497 e. The van der Waals surface area contributed by atoms with Crippen LogP contribution in [0.15, 0.2) is 42.5 Å². The molecule has 0 aromatic heterocycles. The summed E-state index contributed by atoms with van der Waals surface area (Å²) in [5.41, 5.74) is 2.42. The fourth-order valence-electron chi connectivity index (χ4n) is 3.43. The van der Waals surface area contributed by atoms with E-state index in [0.717, 1.165) is 56.5 Å². The number of ether oxygens (including phenoxy) is 3. The van der Waals surface area contributed by atoms with Crippen molar-refractivity contribution in [1.29, 1.82) is 0 Å². The molecule has 1 heterocycles. The smallest absolute Gasteiger partial charge is 0.414 e. The molecule has 0 spiro atoms. The highest BCUT2D eigenvalue weighted by molar-refractivity contribution is 6.27. The molecule has 2 aromatic carbocycles. The van der Waals surface area contributed by atoms with Crippen LogP contribution in [0.25, 0.3) is 0 Å². The molecule has 1 aliphatic rings. The van der Waals surface area contributed by atoms with Crippen molar-refractivity contribution in [1.82, 2.24) is 9.80 Å². The molecule has 32 heavy (non-hydrogen) atoms. The van der Waals surface area contributed by atoms with Crippen molar-refractivity contribution in [2.24, 2.45) is 0 Å². The van der Waals surface area contributed by atoms with E-state index >= 15 is 0 Å². The molecule has 2 aromatic rings. The summed E-state index contributed by atoms with van der Waals surface area (Å²) in [6, 6.07) is 14.2. The van der Waals surface area contributed by atoms with E-state index < -0.39 is 11.9 Å². The minimum absolute atomic E-state index is 0.871. The fraction of sp³-hybridized carbons (Fsp3) is 0.391. The maximum absolute atomic E-state index is 9.10. The van der Waals surface area contributed by atoms with Gasteiger partial charge in [-0.15, -0.1) is 0 Å². The summed E-state index contributed by atoms with van der Waals surface area (Å²) in [6.45, 7) is 5.98. The Morgan fingerprint density at radius 2 is 1.25 bits per heavy atom. The van der Waals surface area contributed by atoms with Gasteiger partial charge in [-0.2, -0.15) is 0 Å². The molecule has 0 amide bonds. The predicted molar refractivity (Wildman–Crippen MR) is 118 cm³/mol. The molecular weight excluding hydrogens is 416 g/mol. The molecular formula is C23H30N2O7. The summed E-state index contributed by atoms with van der Waals surface area (Å²) >= 11 is 0. The first-order chi connectivity index (χ1) is 15.4. The molecule has 0 bridgehead atoms. The quantitative estimate of drug-likeness (QED) is 0.619. The Labute approximate surface area is 187 Å². The highest BCUT2D eigenvalue weighted by Crippen LogP contribution is 2.26. The number of hydrogen-bond acceptors (Lipinski definition) is 7. The molecule has 0 radical (unpaired) electrons. The Kier molecular flexibility index (Phi) is 9.77. The zero-order chi connectivity index (χ0) is 23.5. The summed E-state index contributed by atoms with van der Waals surface area (Å²) < 4.78 is 16.3. The van der Waals surface area contributed by atoms with Crippen molar-refractivity contribution in [3.8, 4) is 17.2 Å². The zero-order valence-corrected chi connectivity index (χ0v) is 18.6. The number of carboxylic acids is 2. The van der Waals surface area contributed by atoms with Gasteiger partial charge in [0.1, 0.15) is 17.2 Å². The van der Waals surface area contributed by atoms with Gasteiger partial charge in [-0.3, -0.25) is 9.80 Å². The van der Waals surface area contributed by atoms with Crippen LogP contribution in [0.1, 0.15) is 11.1 Å². The Hall–Kier alpha value is -3.30. The first-order valence-corrected chi connectivity index (χ1v) is 10.1. The maximum atomic E-state index is 9.10. The van der Waals surface area contributed by atoms with Crippen molar-refractivity contribution in [2.45, 2.75) is 13.1 Å². The van der Waals surface area contributed by atoms with Gasteiger partial charge in [0.15, 0.2) is 0 Å². The van der Waals surface area contributed by atoms with Gasteiger partial charge in [0, 0.05) is 50.4 Å². The molecule has 3 rings (SSSR count). The van der Waals surface area contributed by atoms with Gasteiger partial charge in [0.25, 0.3) is 0 Å². The van der Waals surface area contributed by atoms with Gasteiger partial charge in [-0.25, -0.2) is 9.59 Å². The van der Waals surface area contributed by atoms with E-state index in [9.17, 15) is 0 Å². The van der Waals surface area contributed by atoms with E-state index in [0.29, 0.717) is 0 Å². The molecule has 0 aliphatic carbocycles. The second-order valence-corrected chi connectivity index (χ2v) is 7.15. The third-order valence-corrected chi connectivity index (χ3v) is 5.12. The number of carboxylic acid groups (broad SMARTS) is 2. The van der Waals surface area contributed by atoms with Crippen LogP contribution in [-0.2, 0) is 22.7 Å². The lowest BCUT2D eigenvalue weighted by atomic mass is 10.1. The maximum Gasteiger partial charge on any atom is 0.414 e. The number of benzene rings is 2. The van der Waals surface area contributed by atoms with Gasteiger partial charge in [-0.1, -0.05) is 18.2 Å². The van der Waals surface area contributed by atoms with E-state index in [1.54, 1.807) is 21.3 Å². The lowest BCUT2D eigenvalue weighted by Gasteiger charge is -2.35. The van der Waals surface area contributed by atoms with Gasteiger partial charge in [-0.05, 0) is 24.3 Å². The zero-order valence-electron chi connectivity index (χ0n) is 18.6. The first kappa shape index (κ1) is 25.0. The molecule has 0 atom stereocenters. The number of para-hydroxylation sites is 1. The lowest BCUT2D eigenvalue weighted by Crippen LogP contribution is -2.45. The van der Waals surface area contributed by atoms with Crippen molar-refractivity contribution < 1.29 is 34.0 Å². The number of methoxy groups -OCH3 is 3. The van der Waals surface area contributed by atoms with Crippen LogP contribution in [0.5, 0.6) is 17.2 Å². The summed E-state index contributed by atoms with van der Waals surface area (Å²) in [5, 5.41) is 14.8. The van der Waals surface area contributed by atoms with Crippen molar-refractivity contribution in [3.63, 3.8) is 0 Å². The highest BCUT2D eigenvalue weighted by Gasteiger charge is 2.19. The van der Waals surface area contributed by atoms with Gasteiger partial charge < -0.3 is 24.4 Å². The molecule has 174 valence electrons. The van der Waals surface area contributed by atoms with E-state index in [2.05, 4.69) is 28.0 Å². The molecule has 1 saturated heterocycles. The average molecular weight is 447 g/mol. The van der Waals surface area contributed by atoms with Crippen LogP contribution < -0.4 is 14.2 Å². The number of hydrogen-bond donors (Lipinski definition) is 2. The van der Waals surface area contributed by atoms with Crippen molar-refractivity contribution in [2.75, 3.05) is 47.5 Å². The Morgan fingerprint density at radius 1 is 0.750 bits per heavy atom. The number of nitrogens with zero attached hydrogens (tertiary/aromatic N) is 2. The first-order valence-electron chi connectivity index (χ1n) is 10.1. The number of rotatable bonds is 7. The fourth-order valence-corrected chi connectivity index (χ4v) is 3.43. The molecule has 9 heteroatoms. The third-order valence-electron chi connectivity index (χ3n) is 5.12. The van der Waals surface area contributed by atoms with Crippen LogP contribution in [-0.4, -0.2) is 79.5 Å². The van der Waals surface area contributed by atoms with E-state index in [-0.39, 0.29) is 0 Å². The standard InChI is InChI=1S/C21H28N2O3.C2H2O4/c1-24-19-8-9-21(26-3)18(14-19)16-23-12-10-22(11-13-23)15-17-6-4-5-7-20(17)25-2;3-1(4)2(5)6/h4-9,14H,10-13,15-16H2,1-3H3;(H,3,4)(H,5,6). The molecule has 0 unspecified atom stereocenters. The van der Waals surface area contributed by atoms with E-state index in [4.69, 9.17) is 34.0 Å². The Morgan fingerprint density at radius 3 is 1.75 bits per heavy atom. The van der Waals surface area contributed by atoms with Crippen LogP contribution in [0, 0.1) is 0 Å². The van der Waals surface area contributed by atoms with Gasteiger partial charge >= 0.3 is 11.9 Å². The summed E-state index contributed by atoms with van der Waals surface area (Å²) in [6.07, 6.45) is 0. The largest absolute Gasteiger partial charge is 0.497 e. The topological polar surface area (TPSA) is 109 Å². The number of carbonyl (C=O) groups is 2.